The summed E-state index contributed by atoms with van der Waals surface area (Å²) in [6.07, 6.45) is 6.35. The fraction of sp³-hybridized carbons (Fsp3) is 0.148. The van der Waals surface area contributed by atoms with Crippen molar-refractivity contribution in [2.45, 2.75) is 19.9 Å². The average Bonchev–Trinajstić information content (AvgIpc) is 3.16. The van der Waals surface area contributed by atoms with Crippen LogP contribution < -0.4 is 4.80 Å². The average molecular weight is 455 g/mol. The molecule has 1 amide bonds. The number of nitrogens with zero attached hydrogens (tertiary/aromatic N) is 2. The summed E-state index contributed by atoms with van der Waals surface area (Å²) in [6, 6.07) is 22.9. The molecular weight excluding hydrogens is 432 g/mol. The Labute approximate surface area is 196 Å². The normalized spacial score (nSPS) is 11.3. The summed E-state index contributed by atoms with van der Waals surface area (Å²) in [6.45, 7) is 2.33. The Morgan fingerprint density at radius 2 is 1.70 bits per heavy atom. The van der Waals surface area contributed by atoms with Crippen LogP contribution in [0.5, 0.6) is 0 Å². The first-order valence-electron chi connectivity index (χ1n) is 10.5. The van der Waals surface area contributed by atoms with Gasteiger partial charge in [-0.05, 0) is 54.8 Å². The van der Waals surface area contributed by atoms with Crippen LogP contribution in [0.2, 0.25) is 0 Å². The van der Waals surface area contributed by atoms with Gasteiger partial charge in [0.05, 0.1) is 28.9 Å². The van der Waals surface area contributed by atoms with Crippen LogP contribution in [-0.2, 0) is 17.7 Å². The Morgan fingerprint density at radius 3 is 2.39 bits per heavy atom. The molecule has 4 aromatic rings. The van der Waals surface area contributed by atoms with E-state index >= 15 is 0 Å². The van der Waals surface area contributed by atoms with Gasteiger partial charge in [-0.3, -0.25) is 4.79 Å². The van der Waals surface area contributed by atoms with Gasteiger partial charge >= 0.3 is 5.97 Å². The predicted octanol–water partition coefficient (Wildman–Crippen LogP) is 4.84. The molecule has 0 atom stereocenters. The first-order valence-corrected chi connectivity index (χ1v) is 11.4. The molecule has 3 aromatic carbocycles. The summed E-state index contributed by atoms with van der Waals surface area (Å²) in [5.74, 6) is 1.88. The number of esters is 1. The first kappa shape index (κ1) is 22.3. The van der Waals surface area contributed by atoms with Crippen LogP contribution in [0, 0.1) is 12.3 Å². The van der Waals surface area contributed by atoms with Crippen molar-refractivity contribution in [3.8, 4) is 12.3 Å². The van der Waals surface area contributed by atoms with Crippen molar-refractivity contribution in [1.82, 2.24) is 4.57 Å². The molecule has 164 valence electrons. The maximum atomic E-state index is 12.9. The van der Waals surface area contributed by atoms with Crippen LogP contribution in [0.3, 0.4) is 0 Å². The molecular formula is C27H22N2O3S. The van der Waals surface area contributed by atoms with Gasteiger partial charge < -0.3 is 9.30 Å². The number of fused-ring (bicyclic) bond motifs is 1. The van der Waals surface area contributed by atoms with Crippen molar-refractivity contribution in [1.29, 1.82) is 0 Å². The van der Waals surface area contributed by atoms with Gasteiger partial charge in [0.25, 0.3) is 5.91 Å². The molecule has 5 nitrogen and oxygen atoms in total. The highest BCUT2D eigenvalue weighted by Crippen LogP contribution is 2.20. The van der Waals surface area contributed by atoms with E-state index in [0.717, 1.165) is 22.2 Å². The fourth-order valence-corrected chi connectivity index (χ4v) is 4.56. The molecule has 0 N–H and O–H groups in total. The summed E-state index contributed by atoms with van der Waals surface area (Å²) in [4.78, 5) is 29.8. The summed E-state index contributed by atoms with van der Waals surface area (Å²) < 4.78 is 7.69. The number of carbonyl (C=O) groups is 2. The lowest BCUT2D eigenvalue weighted by atomic mass is 10.0. The molecule has 0 aliphatic heterocycles. The number of aromatic nitrogens is 1. The van der Waals surface area contributed by atoms with Gasteiger partial charge in [0, 0.05) is 5.56 Å². The number of hydrogen-bond donors (Lipinski definition) is 0. The largest absolute Gasteiger partial charge is 0.462 e. The number of carbonyl (C=O) groups excluding carboxylic acids is 2. The van der Waals surface area contributed by atoms with E-state index in [2.05, 4.69) is 23.0 Å². The lowest BCUT2D eigenvalue weighted by molar-refractivity contribution is 0.0526. The Morgan fingerprint density at radius 1 is 1.00 bits per heavy atom. The lowest BCUT2D eigenvalue weighted by Gasteiger charge is -2.03. The highest BCUT2D eigenvalue weighted by atomic mass is 32.1. The predicted molar refractivity (Wildman–Crippen MR) is 130 cm³/mol. The number of hydrogen-bond acceptors (Lipinski definition) is 4. The van der Waals surface area contributed by atoms with E-state index in [0.29, 0.717) is 22.5 Å². The second kappa shape index (κ2) is 10.1. The van der Waals surface area contributed by atoms with E-state index in [-0.39, 0.29) is 18.4 Å². The van der Waals surface area contributed by atoms with Crippen LogP contribution in [0.4, 0.5) is 0 Å². The molecule has 0 bridgehead atoms. The van der Waals surface area contributed by atoms with Gasteiger partial charge in [0.15, 0.2) is 4.80 Å². The quantitative estimate of drug-likeness (QED) is 0.309. The number of ether oxygens (including phenoxy) is 1. The molecule has 0 radical (unpaired) electrons. The molecule has 0 fully saturated rings. The Kier molecular flexibility index (Phi) is 6.82. The van der Waals surface area contributed by atoms with Crippen molar-refractivity contribution < 1.29 is 14.3 Å². The SMILES string of the molecule is C#CCn1c(=NC(=O)c2ccc(Cc3ccccc3)cc2)sc2cc(C(=O)OCC)ccc21. The molecule has 0 aliphatic rings. The summed E-state index contributed by atoms with van der Waals surface area (Å²) >= 11 is 1.31. The minimum atomic E-state index is -0.388. The van der Waals surface area contributed by atoms with Gasteiger partial charge in [0.2, 0.25) is 0 Å². The standard InChI is InChI=1S/C27H22N2O3S/c1-3-16-29-23-15-14-22(26(31)32-4-2)18-24(23)33-27(29)28-25(30)21-12-10-20(11-13-21)17-19-8-6-5-7-9-19/h1,5-15,18H,4,16-17H2,2H3. The van der Waals surface area contributed by atoms with E-state index < -0.39 is 0 Å². The second-order valence-electron chi connectivity index (χ2n) is 7.35. The van der Waals surface area contributed by atoms with E-state index in [9.17, 15) is 9.59 Å². The van der Waals surface area contributed by atoms with Crippen LogP contribution in [0.25, 0.3) is 10.2 Å². The highest BCUT2D eigenvalue weighted by Gasteiger charge is 2.13. The van der Waals surface area contributed by atoms with E-state index in [1.807, 2.05) is 30.3 Å². The summed E-state index contributed by atoms with van der Waals surface area (Å²) in [7, 11) is 0. The number of thiazole rings is 1. The lowest BCUT2D eigenvalue weighted by Crippen LogP contribution is -2.16. The summed E-state index contributed by atoms with van der Waals surface area (Å²) in [5.41, 5.74) is 4.10. The molecule has 0 saturated carbocycles. The van der Waals surface area contributed by atoms with Gasteiger partial charge in [0.1, 0.15) is 0 Å². The Balaban J connectivity index is 1.64. The maximum Gasteiger partial charge on any atom is 0.338 e. The van der Waals surface area contributed by atoms with Crippen LogP contribution in [0.1, 0.15) is 38.8 Å². The van der Waals surface area contributed by atoms with Gasteiger partial charge in [-0.15, -0.1) is 6.42 Å². The zero-order chi connectivity index (χ0) is 23.2. The maximum absolute atomic E-state index is 12.9. The molecule has 0 unspecified atom stereocenters. The van der Waals surface area contributed by atoms with Crippen LogP contribution in [-0.4, -0.2) is 23.1 Å². The zero-order valence-corrected chi connectivity index (χ0v) is 19.0. The monoisotopic (exact) mass is 454 g/mol. The third-order valence-electron chi connectivity index (χ3n) is 5.09. The van der Waals surface area contributed by atoms with E-state index in [1.165, 1.54) is 16.9 Å². The summed E-state index contributed by atoms with van der Waals surface area (Å²) in [5, 5.41) is 0. The van der Waals surface area contributed by atoms with E-state index in [4.69, 9.17) is 11.2 Å². The Bertz CT molecular complexity index is 1410. The molecule has 1 aromatic heterocycles. The van der Waals surface area contributed by atoms with Gasteiger partial charge in [-0.2, -0.15) is 4.99 Å². The first-order chi connectivity index (χ1) is 16.1. The minimum Gasteiger partial charge on any atom is -0.462 e. The van der Waals surface area contributed by atoms with Crippen LogP contribution >= 0.6 is 11.3 Å². The number of amides is 1. The molecule has 6 heteroatoms. The Hall–Kier alpha value is -3.95. The fourth-order valence-electron chi connectivity index (χ4n) is 3.49. The van der Waals surface area contributed by atoms with Crippen molar-refractivity contribution in [2.75, 3.05) is 6.61 Å². The number of terminal acetylenes is 1. The van der Waals surface area contributed by atoms with Crippen molar-refractivity contribution in [3.05, 3.63) is 99.9 Å². The smallest absolute Gasteiger partial charge is 0.338 e. The molecule has 0 saturated heterocycles. The van der Waals surface area contributed by atoms with E-state index in [1.54, 1.807) is 41.8 Å². The van der Waals surface area contributed by atoms with Gasteiger partial charge in [-0.25, -0.2) is 4.79 Å². The zero-order valence-electron chi connectivity index (χ0n) is 18.2. The number of rotatable bonds is 6. The topological polar surface area (TPSA) is 60.7 Å². The third kappa shape index (κ3) is 5.11. The van der Waals surface area contributed by atoms with Gasteiger partial charge in [-0.1, -0.05) is 59.7 Å². The molecule has 4 rings (SSSR count). The van der Waals surface area contributed by atoms with Crippen molar-refractivity contribution in [2.24, 2.45) is 4.99 Å². The molecule has 1 heterocycles. The van der Waals surface area contributed by atoms with Crippen LogP contribution in [0.15, 0.2) is 77.8 Å². The second-order valence-corrected chi connectivity index (χ2v) is 8.36. The molecule has 33 heavy (non-hydrogen) atoms. The van der Waals surface area contributed by atoms with Crippen molar-refractivity contribution >= 4 is 33.4 Å². The molecule has 0 spiro atoms. The minimum absolute atomic E-state index is 0.265. The van der Waals surface area contributed by atoms with Crippen molar-refractivity contribution in [3.63, 3.8) is 0 Å². The molecule has 0 aliphatic carbocycles. The number of benzene rings is 3. The third-order valence-corrected chi connectivity index (χ3v) is 6.13. The highest BCUT2D eigenvalue weighted by molar-refractivity contribution is 7.16.